The van der Waals surface area contributed by atoms with E-state index >= 15 is 0 Å². The second-order valence-corrected chi connectivity index (χ2v) is 5.06. The maximum atomic E-state index is 12.0. The van der Waals surface area contributed by atoms with Crippen molar-refractivity contribution in [3.63, 3.8) is 0 Å². The minimum atomic E-state index is -0.0103. The zero-order valence-electron chi connectivity index (χ0n) is 10.5. The molecule has 5 nitrogen and oxygen atoms in total. The molecular weight excluding hydrogens is 230 g/mol. The van der Waals surface area contributed by atoms with Gasteiger partial charge in [0.05, 0.1) is 31.1 Å². The highest BCUT2D eigenvalue weighted by molar-refractivity contribution is 5.95. The van der Waals surface area contributed by atoms with E-state index in [1.807, 2.05) is 6.07 Å². The van der Waals surface area contributed by atoms with Gasteiger partial charge in [-0.15, -0.1) is 0 Å². The fraction of sp³-hybridized carbons (Fsp3) is 0.538. The summed E-state index contributed by atoms with van der Waals surface area (Å²) >= 11 is 0. The van der Waals surface area contributed by atoms with Crippen LogP contribution in [-0.4, -0.2) is 30.2 Å². The van der Waals surface area contributed by atoms with Crippen molar-refractivity contribution in [3.05, 3.63) is 18.3 Å². The fourth-order valence-electron chi connectivity index (χ4n) is 2.90. The summed E-state index contributed by atoms with van der Waals surface area (Å²) < 4.78 is 5.02. The second kappa shape index (κ2) is 4.15. The number of anilines is 1. The normalized spacial score (nSPS) is 21.4. The maximum absolute atomic E-state index is 12.0. The summed E-state index contributed by atoms with van der Waals surface area (Å²) in [4.78, 5) is 18.0. The van der Waals surface area contributed by atoms with Crippen LogP contribution < -0.4 is 15.0 Å². The van der Waals surface area contributed by atoms with Crippen LogP contribution >= 0.6 is 0 Å². The van der Waals surface area contributed by atoms with E-state index < -0.39 is 0 Å². The average molecular weight is 247 g/mol. The quantitative estimate of drug-likeness (QED) is 0.868. The van der Waals surface area contributed by atoms with Crippen LogP contribution in [0.4, 0.5) is 10.5 Å². The van der Waals surface area contributed by atoms with Crippen LogP contribution in [0.2, 0.25) is 0 Å². The molecule has 96 valence electrons. The van der Waals surface area contributed by atoms with Gasteiger partial charge in [-0.1, -0.05) is 12.8 Å². The lowest BCUT2D eigenvalue weighted by atomic mass is 9.99. The highest BCUT2D eigenvalue weighted by atomic mass is 16.5. The maximum Gasteiger partial charge on any atom is 0.322 e. The summed E-state index contributed by atoms with van der Waals surface area (Å²) in [5, 5.41) is 3.13. The zero-order chi connectivity index (χ0) is 12.6. The topological polar surface area (TPSA) is 54.5 Å². The van der Waals surface area contributed by atoms with Crippen LogP contribution in [0.15, 0.2) is 18.3 Å². The van der Waals surface area contributed by atoms with E-state index in [4.69, 9.17) is 4.74 Å². The minimum absolute atomic E-state index is 0.00297. The summed E-state index contributed by atoms with van der Waals surface area (Å²) in [6, 6.07) is 3.64. The Balaban J connectivity index is 1.81. The lowest BCUT2D eigenvalue weighted by molar-refractivity contribution is 0.247. The smallest absolute Gasteiger partial charge is 0.322 e. The third-order valence-corrected chi connectivity index (χ3v) is 3.88. The standard InChI is InChI=1S/C13H17N3O2/c1-18-11-5-4-10(8-14-11)16-9-13(15-12(16)17)6-2-3-7-13/h4-5,8H,2-3,6-7,9H2,1H3,(H,15,17). The molecule has 1 spiro atoms. The number of carbonyl (C=O) groups excluding carboxylic acids is 1. The summed E-state index contributed by atoms with van der Waals surface area (Å²) in [6.45, 7) is 0.750. The molecule has 1 saturated carbocycles. The first kappa shape index (κ1) is 11.3. The molecule has 1 saturated heterocycles. The van der Waals surface area contributed by atoms with Crippen molar-refractivity contribution < 1.29 is 9.53 Å². The number of pyridine rings is 1. The van der Waals surface area contributed by atoms with E-state index in [-0.39, 0.29) is 11.6 Å². The van der Waals surface area contributed by atoms with E-state index in [0.29, 0.717) is 5.88 Å². The molecule has 0 radical (unpaired) electrons. The Labute approximate surface area is 106 Å². The van der Waals surface area contributed by atoms with Crippen molar-refractivity contribution in [1.82, 2.24) is 10.3 Å². The molecule has 2 heterocycles. The van der Waals surface area contributed by atoms with Gasteiger partial charge in [0, 0.05) is 6.07 Å². The number of nitrogens with zero attached hydrogens (tertiary/aromatic N) is 2. The molecule has 2 fully saturated rings. The molecule has 0 bridgehead atoms. The lowest BCUT2D eigenvalue weighted by Crippen LogP contribution is -2.40. The molecule has 0 aromatic carbocycles. The number of aromatic nitrogens is 1. The summed E-state index contributed by atoms with van der Waals surface area (Å²) in [6.07, 6.45) is 6.26. The van der Waals surface area contributed by atoms with E-state index in [9.17, 15) is 4.79 Å². The van der Waals surface area contributed by atoms with Crippen molar-refractivity contribution >= 4 is 11.7 Å². The number of carbonyl (C=O) groups is 1. The highest BCUT2D eigenvalue weighted by Crippen LogP contribution is 2.35. The van der Waals surface area contributed by atoms with E-state index in [1.54, 1.807) is 24.3 Å². The number of rotatable bonds is 2. The Morgan fingerprint density at radius 3 is 2.78 bits per heavy atom. The van der Waals surface area contributed by atoms with E-state index in [0.717, 1.165) is 25.1 Å². The van der Waals surface area contributed by atoms with Crippen LogP contribution in [0.1, 0.15) is 25.7 Å². The Morgan fingerprint density at radius 2 is 2.17 bits per heavy atom. The molecule has 1 N–H and O–H groups in total. The number of hydrogen-bond acceptors (Lipinski definition) is 3. The van der Waals surface area contributed by atoms with Gasteiger partial charge in [-0.25, -0.2) is 9.78 Å². The molecule has 5 heteroatoms. The van der Waals surface area contributed by atoms with Gasteiger partial charge in [0.15, 0.2) is 0 Å². The van der Waals surface area contributed by atoms with Gasteiger partial charge < -0.3 is 10.1 Å². The monoisotopic (exact) mass is 247 g/mol. The molecule has 2 aliphatic rings. The van der Waals surface area contributed by atoms with Crippen molar-refractivity contribution in [1.29, 1.82) is 0 Å². The molecule has 1 aliphatic carbocycles. The van der Waals surface area contributed by atoms with Crippen LogP contribution in [0.3, 0.4) is 0 Å². The van der Waals surface area contributed by atoms with E-state index in [2.05, 4.69) is 10.3 Å². The van der Waals surface area contributed by atoms with Crippen LogP contribution in [0.25, 0.3) is 0 Å². The largest absolute Gasteiger partial charge is 0.481 e. The van der Waals surface area contributed by atoms with Gasteiger partial charge in [0.25, 0.3) is 0 Å². The van der Waals surface area contributed by atoms with E-state index in [1.165, 1.54) is 12.8 Å². The molecule has 1 aliphatic heterocycles. The number of methoxy groups -OCH3 is 1. The molecule has 18 heavy (non-hydrogen) atoms. The van der Waals surface area contributed by atoms with Crippen LogP contribution in [-0.2, 0) is 0 Å². The molecule has 2 amide bonds. The SMILES string of the molecule is COc1ccc(N2CC3(CCCC3)NC2=O)cn1. The van der Waals surface area contributed by atoms with Gasteiger partial charge in [0.1, 0.15) is 0 Å². The zero-order valence-corrected chi connectivity index (χ0v) is 10.5. The molecule has 0 unspecified atom stereocenters. The molecule has 3 rings (SSSR count). The van der Waals surface area contributed by atoms with Gasteiger partial charge in [-0.2, -0.15) is 0 Å². The van der Waals surface area contributed by atoms with Crippen molar-refractivity contribution in [2.45, 2.75) is 31.2 Å². The first-order chi connectivity index (χ1) is 8.72. The Kier molecular flexibility index (Phi) is 2.61. The fourth-order valence-corrected chi connectivity index (χ4v) is 2.90. The summed E-state index contributed by atoms with van der Waals surface area (Å²) in [5.74, 6) is 0.564. The average Bonchev–Trinajstić information content (AvgIpc) is 2.97. The van der Waals surface area contributed by atoms with Gasteiger partial charge >= 0.3 is 6.03 Å². The Bertz CT molecular complexity index is 452. The van der Waals surface area contributed by atoms with Gasteiger partial charge in [-0.3, -0.25) is 4.90 Å². The van der Waals surface area contributed by atoms with Gasteiger partial charge in [0.2, 0.25) is 5.88 Å². The lowest BCUT2D eigenvalue weighted by Gasteiger charge is -2.22. The third-order valence-electron chi connectivity index (χ3n) is 3.88. The van der Waals surface area contributed by atoms with Crippen LogP contribution in [0, 0.1) is 0 Å². The molecule has 0 atom stereocenters. The molecule has 1 aromatic rings. The summed E-state index contributed by atoms with van der Waals surface area (Å²) in [5.41, 5.74) is 0.828. The number of ether oxygens (including phenoxy) is 1. The Hall–Kier alpha value is -1.78. The Morgan fingerprint density at radius 1 is 1.39 bits per heavy atom. The second-order valence-electron chi connectivity index (χ2n) is 5.06. The van der Waals surface area contributed by atoms with Crippen molar-refractivity contribution in [3.8, 4) is 5.88 Å². The predicted molar refractivity (Wildman–Crippen MR) is 67.9 cm³/mol. The number of amides is 2. The number of nitrogens with one attached hydrogen (secondary N) is 1. The van der Waals surface area contributed by atoms with Crippen LogP contribution in [0.5, 0.6) is 5.88 Å². The molecule has 1 aromatic heterocycles. The minimum Gasteiger partial charge on any atom is -0.481 e. The van der Waals surface area contributed by atoms with Gasteiger partial charge in [-0.05, 0) is 18.9 Å². The predicted octanol–water partition coefficient (Wildman–Crippen LogP) is 1.93. The number of hydrogen-bond donors (Lipinski definition) is 1. The first-order valence-electron chi connectivity index (χ1n) is 6.32. The highest BCUT2D eigenvalue weighted by Gasteiger charge is 2.44. The number of urea groups is 1. The van der Waals surface area contributed by atoms with Crippen molar-refractivity contribution in [2.24, 2.45) is 0 Å². The first-order valence-corrected chi connectivity index (χ1v) is 6.32. The third kappa shape index (κ3) is 1.79. The molecular formula is C13H17N3O2. The summed E-state index contributed by atoms with van der Waals surface area (Å²) in [7, 11) is 1.58. The van der Waals surface area contributed by atoms with Crippen molar-refractivity contribution in [2.75, 3.05) is 18.6 Å².